The van der Waals surface area contributed by atoms with Crippen molar-refractivity contribution in [2.75, 3.05) is 0 Å². The van der Waals surface area contributed by atoms with Crippen LogP contribution in [0.2, 0.25) is 0 Å². The largest absolute Gasteiger partial charge is 0.481 e. The number of benzene rings is 6. The molecule has 0 aliphatic carbocycles. The molecule has 0 spiro atoms. The number of para-hydroxylation sites is 2. The molecule has 4 aromatic heterocycles. The van der Waals surface area contributed by atoms with Crippen LogP contribution in [0.1, 0.15) is 17.2 Å². The second-order valence-corrected chi connectivity index (χ2v) is 13.3. The molecule has 0 amide bonds. The Morgan fingerprint density at radius 3 is 2.13 bits per heavy atom. The van der Waals surface area contributed by atoms with Gasteiger partial charge in [-0.05, 0) is 86.3 Å². The van der Waals surface area contributed by atoms with E-state index in [1.54, 1.807) is 0 Å². The van der Waals surface area contributed by atoms with Gasteiger partial charge in [0.1, 0.15) is 50.8 Å². The van der Waals surface area contributed by atoms with Crippen LogP contribution in [0.25, 0.3) is 94.0 Å². The van der Waals surface area contributed by atoms with E-state index in [1.807, 2.05) is 97.1 Å². The highest BCUT2D eigenvalue weighted by Gasteiger charge is 2.33. The number of hydrogen-bond acceptors (Lipinski definition) is 11. The van der Waals surface area contributed by atoms with Crippen LogP contribution in [0.5, 0.6) is 5.75 Å². The van der Waals surface area contributed by atoms with Gasteiger partial charge in [0.25, 0.3) is 0 Å². The molecule has 52 heavy (non-hydrogen) atoms. The van der Waals surface area contributed by atoms with E-state index in [9.17, 15) is 0 Å². The van der Waals surface area contributed by atoms with Crippen molar-refractivity contribution in [2.45, 2.75) is 6.10 Å². The van der Waals surface area contributed by atoms with Gasteiger partial charge in [0.05, 0.1) is 4.70 Å². The molecule has 11 heteroatoms. The minimum atomic E-state index is -0.546. The lowest BCUT2D eigenvalue weighted by molar-refractivity contribution is 0.253. The van der Waals surface area contributed by atoms with Crippen LogP contribution in [0.4, 0.5) is 0 Å². The Morgan fingerprint density at radius 2 is 1.31 bits per heavy atom. The second-order valence-electron chi connectivity index (χ2n) is 12.5. The van der Waals surface area contributed by atoms with Gasteiger partial charge in [-0.25, -0.2) is 9.26 Å². The molecule has 0 saturated heterocycles. The lowest BCUT2D eigenvalue weighted by Gasteiger charge is -2.29. The summed E-state index contributed by atoms with van der Waals surface area (Å²) in [4.78, 5) is 0. The third-order valence-corrected chi connectivity index (χ3v) is 10.3. The summed E-state index contributed by atoms with van der Waals surface area (Å²) in [6.45, 7) is 0. The van der Waals surface area contributed by atoms with Gasteiger partial charge in [-0.15, -0.1) is 5.10 Å². The van der Waals surface area contributed by atoms with Crippen molar-refractivity contribution in [1.82, 2.24) is 30.2 Å². The summed E-state index contributed by atoms with van der Waals surface area (Å²) in [6, 6.07) is 38.1. The molecular formula is C41H22N6O4S. The second kappa shape index (κ2) is 11.3. The summed E-state index contributed by atoms with van der Waals surface area (Å²) < 4.78 is 29.6. The maximum Gasteiger partial charge on any atom is 0.144 e. The topological polar surface area (TPSA) is 126 Å². The van der Waals surface area contributed by atoms with Crippen molar-refractivity contribution in [2.24, 2.45) is 0 Å². The molecule has 1 atom stereocenters. The first-order chi connectivity index (χ1) is 25.8. The van der Waals surface area contributed by atoms with Crippen molar-refractivity contribution in [3.05, 3.63) is 132 Å². The van der Waals surface area contributed by atoms with Gasteiger partial charge in [-0.1, -0.05) is 83.4 Å². The molecule has 5 heterocycles. The molecule has 246 valence electrons. The standard InChI is InChI=1S/C41H22N6O4S/c1-3-15-31-22(8-1)18-19-33(48-31)37-27(24-10-7-17-35-41(24)42-47-52-35)21-28(34-20-23-9-2-4-16-32(23)49-34)36(25-11-5-13-29-39(25)45-50-43-29)38(37)26-12-6-14-30-40(26)46-51-44-30/h1-21,33H. The van der Waals surface area contributed by atoms with Crippen LogP contribution in [-0.4, -0.2) is 30.2 Å². The third-order valence-electron chi connectivity index (χ3n) is 9.65. The van der Waals surface area contributed by atoms with Crippen LogP contribution in [0.3, 0.4) is 0 Å². The van der Waals surface area contributed by atoms with Gasteiger partial charge in [0.2, 0.25) is 0 Å². The van der Waals surface area contributed by atoms with Crippen LogP contribution in [0, 0.1) is 0 Å². The Morgan fingerprint density at radius 1 is 0.577 bits per heavy atom. The third kappa shape index (κ3) is 4.36. The number of hydrogen-bond donors (Lipinski definition) is 0. The molecule has 0 N–H and O–H groups in total. The fraction of sp³-hybridized carbons (Fsp3) is 0.0244. The zero-order chi connectivity index (χ0) is 34.2. The van der Waals surface area contributed by atoms with E-state index in [0.29, 0.717) is 27.8 Å². The lowest BCUT2D eigenvalue weighted by Crippen LogP contribution is -2.13. The molecule has 6 aromatic carbocycles. The number of aromatic nitrogens is 6. The smallest absolute Gasteiger partial charge is 0.144 e. The zero-order valence-electron chi connectivity index (χ0n) is 26.9. The van der Waals surface area contributed by atoms with E-state index in [2.05, 4.69) is 60.6 Å². The van der Waals surface area contributed by atoms with Crippen molar-refractivity contribution >= 4 is 60.9 Å². The number of ether oxygens (including phenoxy) is 1. The summed E-state index contributed by atoms with van der Waals surface area (Å²) >= 11 is 1.36. The first-order valence-corrected chi connectivity index (χ1v) is 17.3. The summed E-state index contributed by atoms with van der Waals surface area (Å²) in [6.07, 6.45) is 3.65. The van der Waals surface area contributed by atoms with E-state index in [1.165, 1.54) is 11.5 Å². The van der Waals surface area contributed by atoms with Gasteiger partial charge in [0, 0.05) is 49.9 Å². The van der Waals surface area contributed by atoms with Crippen LogP contribution < -0.4 is 4.74 Å². The van der Waals surface area contributed by atoms with Crippen molar-refractivity contribution in [3.8, 4) is 50.5 Å². The maximum atomic E-state index is 6.94. The van der Waals surface area contributed by atoms with Crippen molar-refractivity contribution in [3.63, 3.8) is 0 Å². The van der Waals surface area contributed by atoms with E-state index in [4.69, 9.17) is 18.4 Å². The Balaban J connectivity index is 1.36. The molecule has 11 rings (SSSR count). The highest BCUT2D eigenvalue weighted by atomic mass is 32.1. The van der Waals surface area contributed by atoms with Gasteiger partial charge >= 0.3 is 0 Å². The average molecular weight is 695 g/mol. The van der Waals surface area contributed by atoms with Crippen LogP contribution >= 0.6 is 11.5 Å². The fourth-order valence-electron chi connectivity index (χ4n) is 7.37. The zero-order valence-corrected chi connectivity index (χ0v) is 27.7. The predicted octanol–water partition coefficient (Wildman–Crippen LogP) is 10.3. The highest BCUT2D eigenvalue weighted by molar-refractivity contribution is 7.13. The fourth-order valence-corrected chi connectivity index (χ4v) is 7.96. The number of rotatable bonds is 5. The van der Waals surface area contributed by atoms with E-state index < -0.39 is 6.10 Å². The summed E-state index contributed by atoms with van der Waals surface area (Å²) in [5, 5.41) is 22.9. The maximum absolute atomic E-state index is 6.94. The number of furan rings is 1. The average Bonchev–Trinajstić information content (AvgIpc) is 4.03. The lowest BCUT2D eigenvalue weighted by atomic mass is 9.79. The van der Waals surface area contributed by atoms with E-state index in [0.717, 1.165) is 77.0 Å². The Kier molecular flexibility index (Phi) is 6.25. The Hall–Kier alpha value is -6.98. The highest BCUT2D eigenvalue weighted by Crippen LogP contribution is 2.53. The first-order valence-electron chi connectivity index (χ1n) is 16.6. The van der Waals surface area contributed by atoms with Crippen molar-refractivity contribution < 1.29 is 18.4 Å². The Labute approximate surface area is 297 Å². The van der Waals surface area contributed by atoms with Crippen LogP contribution in [-0.2, 0) is 0 Å². The molecule has 0 radical (unpaired) electrons. The summed E-state index contributed by atoms with van der Waals surface area (Å²) in [5.41, 5.74) is 11.7. The molecule has 1 aliphatic rings. The first kappa shape index (κ1) is 28.8. The molecular weight excluding hydrogens is 673 g/mol. The molecule has 1 unspecified atom stereocenters. The normalized spacial score (nSPS) is 14.0. The molecule has 0 bridgehead atoms. The van der Waals surface area contributed by atoms with Crippen molar-refractivity contribution in [1.29, 1.82) is 0 Å². The Bertz CT molecular complexity index is 3010. The molecule has 10 nitrogen and oxygen atoms in total. The van der Waals surface area contributed by atoms with Gasteiger partial charge in [0.15, 0.2) is 0 Å². The van der Waals surface area contributed by atoms with E-state index >= 15 is 0 Å². The molecule has 10 aromatic rings. The summed E-state index contributed by atoms with van der Waals surface area (Å²) in [7, 11) is 0. The predicted molar refractivity (Wildman–Crippen MR) is 198 cm³/mol. The number of nitrogens with zero attached hydrogens (tertiary/aromatic N) is 6. The molecule has 1 aliphatic heterocycles. The van der Waals surface area contributed by atoms with Gasteiger partial charge < -0.3 is 9.15 Å². The SMILES string of the molecule is C1=CC(c2c(-c3cccc4snnc34)cc(-c3cc4ccccc4o3)c(-c3cccc4nonc34)c2-c2cccc3nonc23)Oc2ccccc21. The monoisotopic (exact) mass is 694 g/mol. The summed E-state index contributed by atoms with van der Waals surface area (Å²) in [5.74, 6) is 1.44. The molecule has 0 fully saturated rings. The quantitative estimate of drug-likeness (QED) is 0.172. The van der Waals surface area contributed by atoms with Gasteiger partial charge in [-0.2, -0.15) is 0 Å². The minimum absolute atomic E-state index is 0.546. The van der Waals surface area contributed by atoms with Gasteiger partial charge in [-0.3, -0.25) is 0 Å². The molecule has 0 saturated carbocycles. The van der Waals surface area contributed by atoms with E-state index in [-0.39, 0.29) is 0 Å². The minimum Gasteiger partial charge on any atom is -0.481 e. The number of fused-ring (bicyclic) bond motifs is 5. The van der Waals surface area contributed by atoms with Crippen LogP contribution in [0.15, 0.2) is 135 Å².